The van der Waals surface area contributed by atoms with Gasteiger partial charge in [0, 0.05) is 18.8 Å². The van der Waals surface area contributed by atoms with E-state index >= 15 is 0 Å². The van der Waals surface area contributed by atoms with Crippen molar-refractivity contribution in [2.45, 2.75) is 51.9 Å². The van der Waals surface area contributed by atoms with Crippen molar-refractivity contribution in [2.75, 3.05) is 31.5 Å². The highest BCUT2D eigenvalue weighted by Crippen LogP contribution is 2.24. The highest BCUT2D eigenvalue weighted by atomic mass is 127. The molecule has 1 unspecified atom stereocenters. The molecule has 1 aliphatic heterocycles. The van der Waals surface area contributed by atoms with E-state index in [0.717, 1.165) is 24.6 Å². The second kappa shape index (κ2) is 10.4. The lowest BCUT2D eigenvalue weighted by Crippen LogP contribution is -2.35. The van der Waals surface area contributed by atoms with Gasteiger partial charge in [0.05, 0.1) is 0 Å². The molecule has 1 aromatic rings. The third-order valence-electron chi connectivity index (χ3n) is 5.28. The molecule has 1 aromatic carbocycles. The first-order valence-electron chi connectivity index (χ1n) is 9.62. The van der Waals surface area contributed by atoms with E-state index in [1.54, 1.807) is 0 Å². The Morgan fingerprint density at radius 3 is 2.92 bits per heavy atom. The van der Waals surface area contributed by atoms with Crippen molar-refractivity contribution in [3.05, 3.63) is 29.3 Å². The molecular weight excluding hydrogens is 423 g/mol. The number of nitrogens with one attached hydrogen (secondary N) is 1. The van der Waals surface area contributed by atoms with Crippen LogP contribution in [0.5, 0.6) is 0 Å². The fourth-order valence-corrected chi connectivity index (χ4v) is 3.97. The predicted molar refractivity (Wildman–Crippen MR) is 118 cm³/mol. The van der Waals surface area contributed by atoms with E-state index in [1.165, 1.54) is 69.3 Å². The summed E-state index contributed by atoms with van der Waals surface area (Å²) in [4.78, 5) is 7.08. The van der Waals surface area contributed by atoms with Crippen molar-refractivity contribution in [1.29, 1.82) is 0 Å². The van der Waals surface area contributed by atoms with Crippen LogP contribution in [-0.4, -0.2) is 37.0 Å². The van der Waals surface area contributed by atoms with Crippen molar-refractivity contribution in [1.82, 2.24) is 4.90 Å². The Hall–Kier alpha value is -0.820. The topological polar surface area (TPSA) is 53.6 Å². The SMILES string of the molecule is CC1CCCN(CCCCN=C(N)Nc2ccc3c(c2)CCC3)C1.I. The number of likely N-dealkylation sites (tertiary alicyclic amines) is 1. The van der Waals surface area contributed by atoms with Gasteiger partial charge in [0.25, 0.3) is 0 Å². The van der Waals surface area contributed by atoms with Crippen molar-refractivity contribution in [3.63, 3.8) is 0 Å². The summed E-state index contributed by atoms with van der Waals surface area (Å²) in [7, 11) is 0. The maximum atomic E-state index is 6.02. The predicted octanol–water partition coefficient (Wildman–Crippen LogP) is 4.03. The first-order chi connectivity index (χ1) is 11.7. The van der Waals surface area contributed by atoms with E-state index in [-0.39, 0.29) is 24.0 Å². The largest absolute Gasteiger partial charge is 0.370 e. The summed E-state index contributed by atoms with van der Waals surface area (Å²) < 4.78 is 0. The molecule has 1 atom stereocenters. The summed E-state index contributed by atoms with van der Waals surface area (Å²) in [6.45, 7) is 6.92. The molecule has 140 valence electrons. The number of aryl methyl sites for hydroxylation is 2. The number of nitrogens with zero attached hydrogens (tertiary/aromatic N) is 2. The van der Waals surface area contributed by atoms with Crippen LogP contribution in [-0.2, 0) is 12.8 Å². The maximum Gasteiger partial charge on any atom is 0.193 e. The average Bonchev–Trinajstić information content (AvgIpc) is 3.02. The molecule has 3 rings (SSSR count). The van der Waals surface area contributed by atoms with Crippen molar-refractivity contribution in [2.24, 2.45) is 16.6 Å². The second-order valence-electron chi connectivity index (χ2n) is 7.48. The lowest BCUT2D eigenvalue weighted by atomic mass is 10.0. The quantitative estimate of drug-likeness (QED) is 0.294. The monoisotopic (exact) mass is 456 g/mol. The third kappa shape index (κ3) is 6.44. The van der Waals surface area contributed by atoms with Crippen LogP contribution in [0.1, 0.15) is 50.2 Å². The molecule has 1 fully saturated rings. The highest BCUT2D eigenvalue weighted by molar-refractivity contribution is 14.0. The molecule has 5 heteroatoms. The first kappa shape index (κ1) is 20.5. The van der Waals surface area contributed by atoms with Gasteiger partial charge in [0.15, 0.2) is 5.96 Å². The van der Waals surface area contributed by atoms with Crippen molar-refractivity contribution in [3.8, 4) is 0 Å². The summed E-state index contributed by atoms with van der Waals surface area (Å²) in [5, 5.41) is 3.24. The minimum Gasteiger partial charge on any atom is -0.370 e. The molecule has 3 N–H and O–H groups in total. The summed E-state index contributed by atoms with van der Waals surface area (Å²) in [5.74, 6) is 1.41. The zero-order valence-electron chi connectivity index (χ0n) is 15.5. The molecule has 0 radical (unpaired) electrons. The number of unbranched alkanes of at least 4 members (excludes halogenated alkanes) is 1. The normalized spacial score (nSPS) is 20.8. The Bertz CT molecular complexity index is 573. The van der Waals surface area contributed by atoms with Crippen LogP contribution < -0.4 is 11.1 Å². The zero-order chi connectivity index (χ0) is 16.8. The molecule has 4 nitrogen and oxygen atoms in total. The zero-order valence-corrected chi connectivity index (χ0v) is 17.8. The van der Waals surface area contributed by atoms with Gasteiger partial charge in [-0.05, 0) is 87.2 Å². The molecule has 0 bridgehead atoms. The van der Waals surface area contributed by atoms with E-state index in [4.69, 9.17) is 5.73 Å². The van der Waals surface area contributed by atoms with E-state index in [1.807, 2.05) is 0 Å². The number of piperidine rings is 1. The van der Waals surface area contributed by atoms with Crippen LogP contribution in [0.2, 0.25) is 0 Å². The number of hydrogen-bond acceptors (Lipinski definition) is 2. The number of anilines is 1. The number of rotatable bonds is 6. The first-order valence-corrected chi connectivity index (χ1v) is 9.62. The van der Waals surface area contributed by atoms with Gasteiger partial charge in [-0.2, -0.15) is 0 Å². The Kier molecular flexibility index (Phi) is 8.49. The summed E-state index contributed by atoms with van der Waals surface area (Å²) >= 11 is 0. The van der Waals surface area contributed by atoms with Crippen molar-refractivity contribution >= 4 is 35.6 Å². The van der Waals surface area contributed by atoms with Gasteiger partial charge in [-0.15, -0.1) is 24.0 Å². The van der Waals surface area contributed by atoms with Crippen molar-refractivity contribution < 1.29 is 0 Å². The number of hydrogen-bond donors (Lipinski definition) is 2. The van der Waals surface area contributed by atoms with Gasteiger partial charge in [-0.25, -0.2) is 0 Å². The average molecular weight is 456 g/mol. The van der Waals surface area contributed by atoms with Crippen LogP contribution in [0.25, 0.3) is 0 Å². The fourth-order valence-electron chi connectivity index (χ4n) is 3.97. The smallest absolute Gasteiger partial charge is 0.193 e. The fraction of sp³-hybridized carbons (Fsp3) is 0.650. The number of guanidine groups is 1. The lowest BCUT2D eigenvalue weighted by molar-refractivity contribution is 0.181. The number of benzene rings is 1. The van der Waals surface area contributed by atoms with Gasteiger partial charge in [-0.3, -0.25) is 4.99 Å². The van der Waals surface area contributed by atoms with Crippen LogP contribution in [0.4, 0.5) is 5.69 Å². The van der Waals surface area contributed by atoms with Crippen LogP contribution >= 0.6 is 24.0 Å². The van der Waals surface area contributed by atoms with Crippen LogP contribution in [0, 0.1) is 5.92 Å². The number of nitrogens with two attached hydrogens (primary N) is 1. The highest BCUT2D eigenvalue weighted by Gasteiger charge is 2.15. The lowest BCUT2D eigenvalue weighted by Gasteiger charge is -2.30. The summed E-state index contributed by atoms with van der Waals surface area (Å²) in [6, 6.07) is 6.56. The molecule has 25 heavy (non-hydrogen) atoms. The Morgan fingerprint density at radius 2 is 2.08 bits per heavy atom. The number of halogens is 1. The van der Waals surface area contributed by atoms with E-state index in [9.17, 15) is 0 Å². The molecule has 1 saturated heterocycles. The van der Waals surface area contributed by atoms with E-state index in [2.05, 4.69) is 40.3 Å². The molecule has 2 aliphatic rings. The van der Waals surface area contributed by atoms with E-state index in [0.29, 0.717) is 5.96 Å². The minimum absolute atomic E-state index is 0. The molecule has 0 aromatic heterocycles. The van der Waals surface area contributed by atoms with Crippen LogP contribution in [0.3, 0.4) is 0 Å². The number of aliphatic imine (C=N–C) groups is 1. The van der Waals surface area contributed by atoms with Gasteiger partial charge >= 0.3 is 0 Å². The molecule has 1 heterocycles. The molecule has 1 aliphatic carbocycles. The Labute approximate surface area is 169 Å². The molecule has 0 saturated carbocycles. The second-order valence-corrected chi connectivity index (χ2v) is 7.48. The minimum atomic E-state index is 0. The Balaban J connectivity index is 0.00000225. The van der Waals surface area contributed by atoms with E-state index < -0.39 is 0 Å². The summed E-state index contributed by atoms with van der Waals surface area (Å²) in [6.07, 6.45) is 8.76. The van der Waals surface area contributed by atoms with Crippen LogP contribution in [0.15, 0.2) is 23.2 Å². The van der Waals surface area contributed by atoms with Gasteiger partial charge in [-0.1, -0.05) is 13.0 Å². The third-order valence-corrected chi connectivity index (χ3v) is 5.28. The van der Waals surface area contributed by atoms with Gasteiger partial charge < -0.3 is 16.0 Å². The van der Waals surface area contributed by atoms with Gasteiger partial charge in [0.1, 0.15) is 0 Å². The van der Waals surface area contributed by atoms with Gasteiger partial charge in [0.2, 0.25) is 0 Å². The summed E-state index contributed by atoms with van der Waals surface area (Å²) in [5.41, 5.74) is 10.0. The standard InChI is InChI=1S/C20H32N4.HI/c1-16-6-5-13-24(15-16)12-3-2-11-22-20(21)23-19-10-9-17-7-4-8-18(17)14-19;/h9-10,14,16H,2-8,11-13,15H2,1H3,(H3,21,22,23);1H. The molecular formula is C20H33IN4. The maximum absolute atomic E-state index is 6.02. The Morgan fingerprint density at radius 1 is 1.24 bits per heavy atom. The molecule has 0 spiro atoms. The number of fused-ring (bicyclic) bond motifs is 1. The molecule has 0 amide bonds.